The third-order valence-corrected chi connectivity index (χ3v) is 2.54. The summed E-state index contributed by atoms with van der Waals surface area (Å²) in [6.07, 6.45) is 2.79. The van der Waals surface area contributed by atoms with Gasteiger partial charge in [0.15, 0.2) is 0 Å². The number of rotatable bonds is 7. The molecule has 0 aliphatic carbocycles. The van der Waals surface area contributed by atoms with Gasteiger partial charge in [-0.25, -0.2) is 5.01 Å². The van der Waals surface area contributed by atoms with Gasteiger partial charge in [0.25, 0.3) is 0 Å². The first-order valence-electron chi connectivity index (χ1n) is 5.79. The van der Waals surface area contributed by atoms with Crippen molar-refractivity contribution < 1.29 is 0 Å². The highest BCUT2D eigenvalue weighted by Gasteiger charge is 2.08. The van der Waals surface area contributed by atoms with Crippen molar-refractivity contribution in [3.63, 3.8) is 0 Å². The van der Waals surface area contributed by atoms with E-state index in [9.17, 15) is 0 Å². The quantitative estimate of drug-likeness (QED) is 0.648. The zero-order chi connectivity index (χ0) is 11.8. The lowest BCUT2D eigenvalue weighted by atomic mass is 10.2. The molecule has 1 rings (SSSR count). The standard InChI is InChI=1S/C14H21N2/c1-4-12-15(5-2)16(6-3)13-14-10-8-7-9-11-14/h6-11H,1,3-5,12-13H2,2H3. The zero-order valence-electron chi connectivity index (χ0n) is 10.1. The first-order chi connectivity index (χ1) is 7.81. The molecule has 2 nitrogen and oxygen atoms in total. The summed E-state index contributed by atoms with van der Waals surface area (Å²) >= 11 is 0. The SMILES string of the molecule is [CH2]CCN(CC)N(C=C)Cc1ccccc1. The van der Waals surface area contributed by atoms with E-state index in [1.165, 1.54) is 5.56 Å². The maximum absolute atomic E-state index is 3.89. The summed E-state index contributed by atoms with van der Waals surface area (Å²) in [7, 11) is 0. The Bertz CT molecular complexity index is 295. The molecular formula is C14H21N2. The third kappa shape index (κ3) is 3.70. The van der Waals surface area contributed by atoms with Crippen molar-refractivity contribution in [2.24, 2.45) is 0 Å². The number of hydrazine groups is 1. The van der Waals surface area contributed by atoms with Gasteiger partial charge in [-0.2, -0.15) is 0 Å². The molecule has 0 atom stereocenters. The fraction of sp³-hybridized carbons (Fsp3) is 0.357. The Morgan fingerprint density at radius 2 is 1.94 bits per heavy atom. The van der Waals surface area contributed by atoms with Crippen LogP contribution in [0.5, 0.6) is 0 Å². The summed E-state index contributed by atoms with van der Waals surface area (Å²) in [5.74, 6) is 0. The Morgan fingerprint density at radius 3 is 2.44 bits per heavy atom. The van der Waals surface area contributed by atoms with Crippen LogP contribution in [0.2, 0.25) is 0 Å². The second-order valence-electron chi connectivity index (χ2n) is 3.67. The molecule has 87 valence electrons. The van der Waals surface area contributed by atoms with Gasteiger partial charge in [-0.05, 0) is 12.0 Å². The molecule has 2 heteroatoms. The normalized spacial score (nSPS) is 10.4. The van der Waals surface area contributed by atoms with Crippen LogP contribution >= 0.6 is 0 Å². The van der Waals surface area contributed by atoms with Gasteiger partial charge in [-0.15, -0.1) is 0 Å². The summed E-state index contributed by atoms with van der Waals surface area (Å²) in [5.41, 5.74) is 1.30. The first-order valence-corrected chi connectivity index (χ1v) is 5.79. The molecule has 0 spiro atoms. The average Bonchev–Trinajstić information content (AvgIpc) is 2.35. The van der Waals surface area contributed by atoms with Crippen LogP contribution in [0.1, 0.15) is 18.9 Å². The van der Waals surface area contributed by atoms with Crippen LogP contribution in [-0.2, 0) is 6.54 Å². The smallest absolute Gasteiger partial charge is 0.0590 e. The lowest BCUT2D eigenvalue weighted by Crippen LogP contribution is -2.38. The molecule has 0 unspecified atom stereocenters. The predicted octanol–water partition coefficient (Wildman–Crippen LogP) is 3.09. The zero-order valence-corrected chi connectivity index (χ0v) is 10.1. The second-order valence-corrected chi connectivity index (χ2v) is 3.67. The summed E-state index contributed by atoms with van der Waals surface area (Å²) in [6.45, 7) is 12.7. The van der Waals surface area contributed by atoms with E-state index in [0.717, 1.165) is 26.1 Å². The largest absolute Gasteiger partial charge is 0.309 e. The number of benzene rings is 1. The second kappa shape index (κ2) is 7.07. The van der Waals surface area contributed by atoms with E-state index < -0.39 is 0 Å². The van der Waals surface area contributed by atoms with E-state index in [2.05, 4.69) is 54.7 Å². The van der Waals surface area contributed by atoms with Crippen molar-refractivity contribution in [2.45, 2.75) is 19.9 Å². The van der Waals surface area contributed by atoms with Gasteiger partial charge in [0.2, 0.25) is 0 Å². The first kappa shape index (κ1) is 12.8. The Hall–Kier alpha value is -1.28. The molecule has 0 saturated heterocycles. The van der Waals surface area contributed by atoms with E-state index in [-0.39, 0.29) is 0 Å². The van der Waals surface area contributed by atoms with Crippen molar-refractivity contribution in [3.8, 4) is 0 Å². The van der Waals surface area contributed by atoms with Crippen LogP contribution < -0.4 is 0 Å². The van der Waals surface area contributed by atoms with Crippen molar-refractivity contribution in [2.75, 3.05) is 13.1 Å². The monoisotopic (exact) mass is 217 g/mol. The fourth-order valence-corrected chi connectivity index (χ4v) is 1.70. The predicted molar refractivity (Wildman–Crippen MR) is 69.4 cm³/mol. The van der Waals surface area contributed by atoms with Crippen LogP contribution in [0.25, 0.3) is 0 Å². The maximum Gasteiger partial charge on any atom is 0.0590 e. The van der Waals surface area contributed by atoms with Crippen molar-refractivity contribution in [3.05, 3.63) is 55.6 Å². The fourth-order valence-electron chi connectivity index (χ4n) is 1.70. The van der Waals surface area contributed by atoms with Gasteiger partial charge in [-0.1, -0.05) is 50.8 Å². The summed E-state index contributed by atoms with van der Waals surface area (Å²) < 4.78 is 0. The average molecular weight is 217 g/mol. The third-order valence-electron chi connectivity index (χ3n) is 2.54. The number of nitrogens with zero attached hydrogens (tertiary/aromatic N) is 2. The Labute approximate surface area is 99.2 Å². The van der Waals surface area contributed by atoms with Gasteiger partial charge in [0.1, 0.15) is 0 Å². The minimum absolute atomic E-state index is 0.873. The minimum Gasteiger partial charge on any atom is -0.309 e. The molecule has 0 fully saturated rings. The van der Waals surface area contributed by atoms with E-state index in [1.54, 1.807) is 0 Å². The van der Waals surface area contributed by atoms with Crippen LogP contribution in [0.15, 0.2) is 43.1 Å². The van der Waals surface area contributed by atoms with Gasteiger partial charge >= 0.3 is 0 Å². The highest BCUT2D eigenvalue weighted by molar-refractivity contribution is 5.14. The molecule has 0 aliphatic rings. The van der Waals surface area contributed by atoms with Crippen LogP contribution in [-0.4, -0.2) is 23.1 Å². The van der Waals surface area contributed by atoms with Gasteiger partial charge in [0, 0.05) is 19.3 Å². The van der Waals surface area contributed by atoms with E-state index in [0.29, 0.717) is 0 Å². The highest BCUT2D eigenvalue weighted by Crippen LogP contribution is 2.08. The molecule has 0 aromatic heterocycles. The summed E-state index contributed by atoms with van der Waals surface area (Å²) in [4.78, 5) is 0. The van der Waals surface area contributed by atoms with Crippen molar-refractivity contribution in [1.29, 1.82) is 0 Å². The molecular weight excluding hydrogens is 196 g/mol. The van der Waals surface area contributed by atoms with E-state index in [4.69, 9.17) is 0 Å². The van der Waals surface area contributed by atoms with Crippen LogP contribution in [0.3, 0.4) is 0 Å². The number of hydrogen-bond donors (Lipinski definition) is 0. The molecule has 1 aromatic carbocycles. The summed E-state index contributed by atoms with van der Waals surface area (Å²) in [5, 5.41) is 4.41. The molecule has 1 aromatic rings. The molecule has 0 heterocycles. The van der Waals surface area contributed by atoms with Crippen LogP contribution in [0.4, 0.5) is 0 Å². The van der Waals surface area contributed by atoms with Gasteiger partial charge in [0.05, 0.1) is 6.54 Å². The maximum atomic E-state index is 3.89. The molecule has 1 radical (unpaired) electrons. The molecule has 16 heavy (non-hydrogen) atoms. The van der Waals surface area contributed by atoms with E-state index >= 15 is 0 Å². The van der Waals surface area contributed by atoms with E-state index in [1.807, 2.05) is 12.3 Å². The van der Waals surface area contributed by atoms with Gasteiger partial charge in [-0.3, -0.25) is 0 Å². The Kier molecular flexibility index (Phi) is 5.65. The molecule has 0 bridgehead atoms. The van der Waals surface area contributed by atoms with Crippen molar-refractivity contribution in [1.82, 2.24) is 10.0 Å². The lowest BCUT2D eigenvalue weighted by molar-refractivity contribution is 0.0213. The molecule has 0 aliphatic heterocycles. The molecule has 0 amide bonds. The van der Waals surface area contributed by atoms with Crippen LogP contribution in [0, 0.1) is 6.92 Å². The molecule has 0 N–H and O–H groups in total. The minimum atomic E-state index is 0.873. The molecule has 0 saturated carbocycles. The van der Waals surface area contributed by atoms with Crippen molar-refractivity contribution >= 4 is 0 Å². The van der Waals surface area contributed by atoms with Gasteiger partial charge < -0.3 is 5.01 Å². The Morgan fingerprint density at radius 1 is 1.25 bits per heavy atom. The Balaban J connectivity index is 2.63. The summed E-state index contributed by atoms with van der Waals surface area (Å²) in [6, 6.07) is 10.4. The highest BCUT2D eigenvalue weighted by atomic mass is 15.6. The number of hydrogen-bond acceptors (Lipinski definition) is 2. The lowest BCUT2D eigenvalue weighted by Gasteiger charge is -2.33. The topological polar surface area (TPSA) is 6.48 Å².